The predicted molar refractivity (Wildman–Crippen MR) is 54.3 cm³/mol. The molecule has 0 amide bonds. The molecule has 1 atom stereocenters. The molecule has 0 aromatic carbocycles. The molecule has 3 heterocycles. The fourth-order valence-electron chi connectivity index (χ4n) is 1.94. The van der Waals surface area contributed by atoms with E-state index in [0.29, 0.717) is 13.2 Å². The summed E-state index contributed by atoms with van der Waals surface area (Å²) in [4.78, 5) is 0. The van der Waals surface area contributed by atoms with Gasteiger partial charge < -0.3 is 10.5 Å². The Morgan fingerprint density at radius 3 is 3.13 bits per heavy atom. The van der Waals surface area contributed by atoms with Gasteiger partial charge >= 0.3 is 0 Å². The predicted octanol–water partition coefficient (Wildman–Crippen LogP) is 0.304. The van der Waals surface area contributed by atoms with Gasteiger partial charge in [-0.15, -0.1) is 10.2 Å². The highest BCUT2D eigenvalue weighted by atomic mass is 16.5. The van der Waals surface area contributed by atoms with Crippen molar-refractivity contribution in [1.29, 1.82) is 0 Å². The van der Waals surface area contributed by atoms with Gasteiger partial charge in [0.2, 0.25) is 0 Å². The Balaban J connectivity index is 2.18. The van der Waals surface area contributed by atoms with Crippen LogP contribution in [0, 0.1) is 0 Å². The van der Waals surface area contributed by atoms with E-state index >= 15 is 0 Å². The van der Waals surface area contributed by atoms with E-state index in [4.69, 9.17) is 10.5 Å². The van der Waals surface area contributed by atoms with Gasteiger partial charge in [-0.05, 0) is 18.6 Å². The molecule has 5 heteroatoms. The molecular weight excluding hydrogens is 192 g/mol. The van der Waals surface area contributed by atoms with Crippen LogP contribution in [-0.4, -0.2) is 27.8 Å². The fraction of sp³-hybridized carbons (Fsp3) is 0.400. The van der Waals surface area contributed by atoms with E-state index in [1.54, 1.807) is 0 Å². The largest absolute Gasteiger partial charge is 0.379 e. The van der Waals surface area contributed by atoms with Crippen molar-refractivity contribution in [3.05, 3.63) is 30.2 Å². The molecular formula is C10H12N4O. The Morgan fingerprint density at radius 2 is 2.33 bits per heavy atom. The molecule has 0 bridgehead atoms. The molecule has 1 saturated heterocycles. The van der Waals surface area contributed by atoms with Crippen molar-refractivity contribution in [3.63, 3.8) is 0 Å². The van der Waals surface area contributed by atoms with Crippen LogP contribution in [0.3, 0.4) is 0 Å². The highest BCUT2D eigenvalue weighted by Gasteiger charge is 2.36. The summed E-state index contributed by atoms with van der Waals surface area (Å²) in [6, 6.07) is 5.79. The molecule has 5 nitrogen and oxygen atoms in total. The second-order valence-corrected chi connectivity index (χ2v) is 3.91. The highest BCUT2D eigenvalue weighted by Crippen LogP contribution is 2.26. The number of nitrogens with two attached hydrogens (primary N) is 1. The van der Waals surface area contributed by atoms with E-state index in [1.165, 1.54) is 0 Å². The molecule has 0 aliphatic carbocycles. The lowest BCUT2D eigenvalue weighted by atomic mass is 9.99. The summed E-state index contributed by atoms with van der Waals surface area (Å²) >= 11 is 0. The van der Waals surface area contributed by atoms with Gasteiger partial charge in [-0.1, -0.05) is 6.07 Å². The number of pyridine rings is 1. The van der Waals surface area contributed by atoms with Gasteiger partial charge in [0.1, 0.15) is 5.54 Å². The third kappa shape index (κ3) is 1.24. The number of rotatable bonds is 1. The van der Waals surface area contributed by atoms with Crippen LogP contribution in [0.5, 0.6) is 0 Å². The standard InChI is InChI=1S/C10H12N4O/c11-10(4-6-15-7-10)9-13-12-8-3-1-2-5-14(8)9/h1-3,5H,4,6-7,11H2. The summed E-state index contributed by atoms with van der Waals surface area (Å²) in [5.41, 5.74) is 6.58. The zero-order valence-corrected chi connectivity index (χ0v) is 8.26. The van der Waals surface area contributed by atoms with Crippen LogP contribution in [0.4, 0.5) is 0 Å². The molecule has 3 rings (SSSR count). The van der Waals surface area contributed by atoms with Crippen LogP contribution in [0.15, 0.2) is 24.4 Å². The number of aromatic nitrogens is 3. The third-order valence-corrected chi connectivity index (χ3v) is 2.81. The molecule has 1 unspecified atom stereocenters. The number of fused-ring (bicyclic) bond motifs is 1. The number of hydrogen-bond acceptors (Lipinski definition) is 4. The van der Waals surface area contributed by atoms with Crippen molar-refractivity contribution in [3.8, 4) is 0 Å². The van der Waals surface area contributed by atoms with Gasteiger partial charge in [0, 0.05) is 12.8 Å². The normalized spacial score (nSPS) is 26.2. The maximum Gasteiger partial charge on any atom is 0.160 e. The average Bonchev–Trinajstić information content (AvgIpc) is 2.84. The fourth-order valence-corrected chi connectivity index (χ4v) is 1.94. The number of ether oxygens (including phenoxy) is 1. The molecule has 1 aliphatic rings. The zero-order valence-electron chi connectivity index (χ0n) is 8.26. The molecule has 78 valence electrons. The van der Waals surface area contributed by atoms with Gasteiger partial charge in [0.05, 0.1) is 6.61 Å². The molecule has 2 N–H and O–H groups in total. The summed E-state index contributed by atoms with van der Waals surface area (Å²) < 4.78 is 7.25. The second-order valence-electron chi connectivity index (χ2n) is 3.91. The summed E-state index contributed by atoms with van der Waals surface area (Å²) in [7, 11) is 0. The summed E-state index contributed by atoms with van der Waals surface area (Å²) in [6.45, 7) is 1.21. The van der Waals surface area contributed by atoms with Gasteiger partial charge in [0.25, 0.3) is 0 Å². The first-order valence-corrected chi connectivity index (χ1v) is 4.96. The molecule has 2 aromatic heterocycles. The van der Waals surface area contributed by atoms with Crippen LogP contribution >= 0.6 is 0 Å². The molecule has 1 aliphatic heterocycles. The lowest BCUT2D eigenvalue weighted by molar-refractivity contribution is 0.176. The molecule has 0 spiro atoms. The van der Waals surface area contributed by atoms with E-state index in [-0.39, 0.29) is 0 Å². The van der Waals surface area contributed by atoms with Crippen LogP contribution in [0.25, 0.3) is 5.65 Å². The van der Waals surface area contributed by atoms with E-state index < -0.39 is 5.54 Å². The van der Waals surface area contributed by atoms with Crippen molar-refractivity contribution < 1.29 is 4.74 Å². The van der Waals surface area contributed by atoms with Gasteiger partial charge in [-0.2, -0.15) is 0 Å². The summed E-state index contributed by atoms with van der Waals surface area (Å²) in [5.74, 6) is 0.788. The average molecular weight is 204 g/mol. The minimum Gasteiger partial charge on any atom is -0.379 e. The Hall–Kier alpha value is -1.46. The van der Waals surface area contributed by atoms with E-state index in [2.05, 4.69) is 10.2 Å². The first-order chi connectivity index (χ1) is 7.30. The lowest BCUT2D eigenvalue weighted by Gasteiger charge is -2.18. The van der Waals surface area contributed by atoms with Crippen molar-refractivity contribution in [1.82, 2.24) is 14.6 Å². The monoisotopic (exact) mass is 204 g/mol. The minimum absolute atomic E-state index is 0.485. The third-order valence-electron chi connectivity index (χ3n) is 2.81. The Bertz CT molecular complexity index is 487. The molecule has 2 aromatic rings. The summed E-state index contributed by atoms with van der Waals surface area (Å²) in [5, 5.41) is 8.24. The van der Waals surface area contributed by atoms with Crippen LogP contribution < -0.4 is 5.73 Å². The van der Waals surface area contributed by atoms with Crippen molar-refractivity contribution >= 4 is 5.65 Å². The first kappa shape index (κ1) is 8.82. The van der Waals surface area contributed by atoms with Crippen molar-refractivity contribution in [2.45, 2.75) is 12.0 Å². The first-order valence-electron chi connectivity index (χ1n) is 4.96. The Labute approximate surface area is 86.9 Å². The maximum atomic E-state index is 6.24. The quantitative estimate of drug-likeness (QED) is 0.725. The van der Waals surface area contributed by atoms with Gasteiger partial charge in [0.15, 0.2) is 11.5 Å². The Morgan fingerprint density at radius 1 is 1.40 bits per heavy atom. The second kappa shape index (κ2) is 3.01. The van der Waals surface area contributed by atoms with Crippen LogP contribution in [-0.2, 0) is 10.3 Å². The molecule has 1 fully saturated rings. The zero-order chi connectivity index (χ0) is 10.3. The molecule has 0 radical (unpaired) electrons. The summed E-state index contributed by atoms with van der Waals surface area (Å²) in [6.07, 6.45) is 2.72. The highest BCUT2D eigenvalue weighted by molar-refractivity contribution is 5.38. The van der Waals surface area contributed by atoms with Crippen molar-refractivity contribution in [2.24, 2.45) is 5.73 Å². The molecule has 0 saturated carbocycles. The number of nitrogens with zero attached hydrogens (tertiary/aromatic N) is 3. The molecule has 15 heavy (non-hydrogen) atoms. The lowest BCUT2D eigenvalue weighted by Crippen LogP contribution is -2.39. The van der Waals surface area contributed by atoms with Gasteiger partial charge in [-0.3, -0.25) is 4.40 Å². The smallest absolute Gasteiger partial charge is 0.160 e. The topological polar surface area (TPSA) is 65.4 Å². The van der Waals surface area contributed by atoms with Crippen molar-refractivity contribution in [2.75, 3.05) is 13.2 Å². The Kier molecular flexibility index (Phi) is 1.77. The van der Waals surface area contributed by atoms with E-state index in [1.807, 2.05) is 28.8 Å². The SMILES string of the molecule is NC1(c2nnc3ccccn23)CCOC1. The maximum absolute atomic E-state index is 6.24. The van der Waals surface area contributed by atoms with Crippen LogP contribution in [0.2, 0.25) is 0 Å². The van der Waals surface area contributed by atoms with E-state index in [0.717, 1.165) is 17.9 Å². The number of hydrogen-bond donors (Lipinski definition) is 1. The van der Waals surface area contributed by atoms with Gasteiger partial charge in [-0.25, -0.2) is 0 Å². The van der Waals surface area contributed by atoms with Crippen LogP contribution in [0.1, 0.15) is 12.2 Å². The minimum atomic E-state index is -0.485. The van der Waals surface area contributed by atoms with E-state index in [9.17, 15) is 0 Å².